The van der Waals surface area contributed by atoms with Gasteiger partial charge >= 0.3 is 0 Å². The van der Waals surface area contributed by atoms with Gasteiger partial charge in [0.15, 0.2) is 5.11 Å². The third-order valence-corrected chi connectivity index (χ3v) is 12.9. The second-order valence-corrected chi connectivity index (χ2v) is 17.3. The lowest BCUT2D eigenvalue weighted by atomic mass is 9.95. The van der Waals surface area contributed by atoms with Gasteiger partial charge in [-0.05, 0) is 117 Å². The van der Waals surface area contributed by atoms with E-state index in [0.29, 0.717) is 65.5 Å². The Morgan fingerprint density at radius 2 is 1.62 bits per heavy atom. The zero-order valence-corrected chi connectivity index (χ0v) is 35.6. The summed E-state index contributed by atoms with van der Waals surface area (Å²) in [6.07, 6.45) is 2.58. The number of carbonyl (C=O) groups excluding carboxylic acids is 4. The van der Waals surface area contributed by atoms with Crippen LogP contribution in [0, 0.1) is 23.1 Å². The minimum Gasteiger partial charge on any atom is -0.374 e. The number of anilines is 4. The van der Waals surface area contributed by atoms with Crippen LogP contribution in [0.3, 0.4) is 0 Å². The number of thiocarbonyl (C=S) groups is 1. The summed E-state index contributed by atoms with van der Waals surface area (Å²) >= 11 is 12.1. The molecule has 0 saturated carbocycles. The first kappa shape index (κ1) is 41.8. The van der Waals surface area contributed by atoms with Crippen molar-refractivity contribution in [2.75, 3.05) is 65.8 Å². The predicted molar refractivity (Wildman–Crippen MR) is 238 cm³/mol. The number of rotatable bonds is 9. The fourth-order valence-electron chi connectivity index (χ4n) is 8.74. The van der Waals surface area contributed by atoms with E-state index in [9.17, 15) is 24.4 Å². The monoisotopic (exact) mass is 860 g/mol. The number of halogens is 2. The summed E-state index contributed by atoms with van der Waals surface area (Å²) in [5.41, 5.74) is 3.60. The number of imide groups is 1. The number of hydrogen-bond acceptors (Lipinski definition) is 9. The minimum absolute atomic E-state index is 0.176. The van der Waals surface area contributed by atoms with Gasteiger partial charge in [-0.25, -0.2) is 4.39 Å². The van der Waals surface area contributed by atoms with Crippen molar-refractivity contribution in [2.24, 2.45) is 5.92 Å². The number of nitrogens with one attached hydrogen (secondary N) is 2. The Morgan fingerprint density at radius 1 is 0.902 bits per heavy atom. The number of benzene rings is 4. The summed E-state index contributed by atoms with van der Waals surface area (Å²) in [6, 6.07) is 26.2. The summed E-state index contributed by atoms with van der Waals surface area (Å²) in [5, 5.41) is 15.4. The maximum Gasteiger partial charge on any atom is 0.259 e. The molecule has 0 aliphatic carbocycles. The van der Waals surface area contributed by atoms with Crippen LogP contribution >= 0.6 is 23.8 Å². The molecule has 0 spiro atoms. The van der Waals surface area contributed by atoms with E-state index in [1.165, 1.54) is 11.0 Å². The molecule has 4 amide bonds. The first-order chi connectivity index (χ1) is 29.3. The van der Waals surface area contributed by atoms with Crippen molar-refractivity contribution >= 4 is 75.3 Å². The van der Waals surface area contributed by atoms with Gasteiger partial charge in [0.05, 0.1) is 16.3 Å². The molecule has 4 fully saturated rings. The molecule has 2 N–H and O–H groups in total. The number of piperazine rings is 1. The Morgan fingerprint density at radius 3 is 2.30 bits per heavy atom. The van der Waals surface area contributed by atoms with Crippen LogP contribution in [0.15, 0.2) is 84.9 Å². The molecule has 4 aliphatic heterocycles. The molecule has 0 bridgehead atoms. The minimum atomic E-state index is -1.04. The molecule has 1 unspecified atom stereocenters. The molecular formula is C46H46ClFN8O4S. The lowest BCUT2D eigenvalue weighted by Crippen LogP contribution is -2.49. The first-order valence-electron chi connectivity index (χ1n) is 20.6. The molecule has 4 aromatic rings. The topological polar surface area (TPSA) is 132 Å². The Labute approximate surface area is 364 Å². The largest absolute Gasteiger partial charge is 0.374 e. The molecule has 12 nitrogen and oxygen atoms in total. The Hall–Kier alpha value is -5.88. The maximum absolute atomic E-state index is 15.7. The van der Waals surface area contributed by atoms with Crippen molar-refractivity contribution in [3.63, 3.8) is 0 Å². The van der Waals surface area contributed by atoms with Crippen LogP contribution in [0.5, 0.6) is 0 Å². The zero-order valence-electron chi connectivity index (χ0n) is 34.0. The predicted octanol–water partition coefficient (Wildman–Crippen LogP) is 6.83. The number of amides is 4. The van der Waals surface area contributed by atoms with Crippen LogP contribution in [0.2, 0.25) is 5.02 Å². The average molecular weight is 861 g/mol. The molecular weight excluding hydrogens is 815 g/mol. The van der Waals surface area contributed by atoms with Crippen LogP contribution in [-0.2, 0) is 14.4 Å². The summed E-state index contributed by atoms with van der Waals surface area (Å²) in [4.78, 5) is 60.8. The molecule has 4 saturated heterocycles. The molecule has 4 aromatic carbocycles. The van der Waals surface area contributed by atoms with Crippen LogP contribution in [0.1, 0.15) is 55.5 Å². The lowest BCUT2D eigenvalue weighted by molar-refractivity contribution is -0.133. The van der Waals surface area contributed by atoms with Crippen LogP contribution in [0.25, 0.3) is 11.1 Å². The Balaban J connectivity index is 0.826. The smallest absolute Gasteiger partial charge is 0.259 e. The quantitative estimate of drug-likeness (QED) is 0.137. The highest BCUT2D eigenvalue weighted by Gasteiger charge is 2.50. The van der Waals surface area contributed by atoms with Gasteiger partial charge < -0.3 is 20.0 Å². The van der Waals surface area contributed by atoms with Crippen LogP contribution in [-0.4, -0.2) is 95.9 Å². The molecule has 4 aliphatic rings. The molecule has 0 aromatic heterocycles. The third-order valence-electron chi connectivity index (χ3n) is 12.2. The van der Waals surface area contributed by atoms with Crippen molar-refractivity contribution in [2.45, 2.75) is 51.1 Å². The second kappa shape index (κ2) is 17.2. The highest BCUT2D eigenvalue weighted by molar-refractivity contribution is 7.81. The average Bonchev–Trinajstić information content (AvgIpc) is 3.43. The molecule has 1 atom stereocenters. The van der Waals surface area contributed by atoms with Crippen molar-refractivity contribution in [1.82, 2.24) is 15.1 Å². The van der Waals surface area contributed by atoms with Gasteiger partial charge in [-0.2, -0.15) is 5.26 Å². The van der Waals surface area contributed by atoms with Gasteiger partial charge in [-0.3, -0.25) is 34.3 Å². The van der Waals surface area contributed by atoms with E-state index in [1.54, 1.807) is 73.3 Å². The number of likely N-dealkylation sites (tertiary alicyclic amines) is 1. The molecule has 61 heavy (non-hydrogen) atoms. The number of hydrogen-bond donors (Lipinski definition) is 2. The van der Waals surface area contributed by atoms with E-state index in [-0.39, 0.29) is 33.8 Å². The van der Waals surface area contributed by atoms with Gasteiger partial charge in [-0.15, -0.1) is 0 Å². The summed E-state index contributed by atoms with van der Waals surface area (Å²) in [6.45, 7) is 9.37. The number of carbonyl (C=O) groups is 4. The highest BCUT2D eigenvalue weighted by atomic mass is 35.5. The Kier molecular flexibility index (Phi) is 11.8. The Bertz CT molecular complexity index is 2440. The first-order valence-corrected chi connectivity index (χ1v) is 21.3. The fraction of sp³-hybridized carbons (Fsp3) is 0.348. The van der Waals surface area contributed by atoms with Gasteiger partial charge in [0, 0.05) is 80.4 Å². The van der Waals surface area contributed by atoms with Gasteiger partial charge in [0.2, 0.25) is 11.8 Å². The summed E-state index contributed by atoms with van der Waals surface area (Å²) < 4.78 is 15.7. The van der Waals surface area contributed by atoms with Gasteiger partial charge in [0.25, 0.3) is 11.8 Å². The fourth-order valence-corrected chi connectivity index (χ4v) is 9.48. The van der Waals surface area contributed by atoms with Crippen molar-refractivity contribution in [3.8, 4) is 17.2 Å². The van der Waals surface area contributed by atoms with Crippen molar-refractivity contribution in [1.29, 1.82) is 5.26 Å². The molecule has 0 radical (unpaired) electrons. The molecule has 314 valence electrons. The van der Waals surface area contributed by atoms with E-state index in [0.717, 1.165) is 56.9 Å². The highest BCUT2D eigenvalue weighted by Crippen LogP contribution is 2.38. The number of nitriles is 1. The van der Waals surface area contributed by atoms with E-state index in [1.807, 2.05) is 23.1 Å². The maximum atomic E-state index is 15.7. The third kappa shape index (κ3) is 8.55. The SMILES string of the molecule is CC1(C)C(=O)N(c2ccc(C#N)c(Cl)c2)C(=S)N1c1ccc(-c2ccc(C(=O)N3CCC(CN4CCN(c5cccc(NC6CCC(=O)NC6=O)c5)CC4)CC3)cc2F)cc1. The van der Waals surface area contributed by atoms with E-state index in [4.69, 9.17) is 23.8 Å². The normalized spacial score (nSPS) is 19.9. The van der Waals surface area contributed by atoms with E-state index >= 15 is 4.39 Å². The second-order valence-electron chi connectivity index (χ2n) is 16.6. The van der Waals surface area contributed by atoms with Gasteiger partial charge in [0.1, 0.15) is 23.5 Å². The summed E-state index contributed by atoms with van der Waals surface area (Å²) in [5.74, 6) is -0.976. The molecule has 15 heteroatoms. The zero-order chi connectivity index (χ0) is 43.0. The molecule has 8 rings (SSSR count). The van der Waals surface area contributed by atoms with Crippen molar-refractivity contribution in [3.05, 3.63) is 107 Å². The van der Waals surface area contributed by atoms with Crippen LogP contribution < -0.4 is 25.3 Å². The van der Waals surface area contributed by atoms with E-state index < -0.39 is 17.4 Å². The lowest BCUT2D eigenvalue weighted by Gasteiger charge is -2.39. The van der Waals surface area contributed by atoms with Crippen LogP contribution in [0.4, 0.5) is 27.1 Å². The van der Waals surface area contributed by atoms with Gasteiger partial charge in [-0.1, -0.05) is 35.9 Å². The molecule has 4 heterocycles. The van der Waals surface area contributed by atoms with Crippen molar-refractivity contribution < 1.29 is 23.6 Å². The number of nitrogens with zero attached hydrogens (tertiary/aromatic N) is 6. The number of piperidine rings is 2. The summed E-state index contributed by atoms with van der Waals surface area (Å²) in [7, 11) is 0. The standard InChI is InChI=1S/C46H46ClFN8O4S/c1-46(2)44(60)55(36-12-8-32(27-49)38(47)26-36)45(61)56(46)34-10-6-30(7-11-34)37-13-9-31(24-39(37)48)43(59)54-18-16-29(17-19-54)28-52-20-22-53(23-21-52)35-5-3-4-33(25-35)50-40-14-15-41(57)51-42(40)58/h3-13,24-26,29,40,50H,14-23,28H2,1-2H3,(H,51,57,58). The van der Waals surface area contributed by atoms with E-state index in [2.05, 4.69) is 32.6 Å².